The number of halogens is 1. The first-order valence-electron chi connectivity index (χ1n) is 8.82. The number of amides is 1. The van der Waals surface area contributed by atoms with E-state index in [1.165, 1.54) is 7.11 Å². The van der Waals surface area contributed by atoms with Crippen LogP contribution in [-0.2, 0) is 16.1 Å². The third-order valence-electron chi connectivity index (χ3n) is 4.39. The number of unbranched alkanes of at least 4 members (excludes halogenated alkanes) is 1. The van der Waals surface area contributed by atoms with Crippen molar-refractivity contribution in [1.29, 1.82) is 0 Å². The molecule has 1 aromatic carbocycles. The first-order valence-corrected chi connectivity index (χ1v) is 8.82. The zero-order valence-corrected chi connectivity index (χ0v) is 15.8. The van der Waals surface area contributed by atoms with Crippen molar-refractivity contribution in [3.8, 4) is 0 Å². The van der Waals surface area contributed by atoms with Gasteiger partial charge in [0, 0.05) is 23.6 Å². The van der Waals surface area contributed by atoms with Gasteiger partial charge in [-0.2, -0.15) is 0 Å². The van der Waals surface area contributed by atoms with Crippen molar-refractivity contribution in [2.24, 2.45) is 5.41 Å². The van der Waals surface area contributed by atoms with Crippen molar-refractivity contribution in [3.05, 3.63) is 36.0 Å². The molecule has 1 aromatic heterocycles. The second-order valence-electron chi connectivity index (χ2n) is 7.45. The number of benzene rings is 1. The van der Waals surface area contributed by atoms with E-state index in [4.69, 9.17) is 4.74 Å². The third kappa shape index (κ3) is 4.42. The van der Waals surface area contributed by atoms with Crippen LogP contribution in [0.25, 0.3) is 10.9 Å². The van der Waals surface area contributed by atoms with E-state index in [-0.39, 0.29) is 12.6 Å². The van der Waals surface area contributed by atoms with Crippen LogP contribution in [0.1, 0.15) is 44.0 Å². The molecule has 0 saturated carbocycles. The van der Waals surface area contributed by atoms with Crippen molar-refractivity contribution >= 4 is 22.8 Å². The van der Waals surface area contributed by atoms with Crippen LogP contribution in [0.5, 0.6) is 0 Å². The molecule has 0 radical (unpaired) electrons. The lowest BCUT2D eigenvalue weighted by molar-refractivity contribution is -0.145. The summed E-state index contributed by atoms with van der Waals surface area (Å²) in [5, 5.41) is 3.62. The van der Waals surface area contributed by atoms with Gasteiger partial charge in [-0.25, -0.2) is 4.79 Å². The molecule has 1 atom stereocenters. The predicted molar refractivity (Wildman–Crippen MR) is 99.9 cm³/mol. The van der Waals surface area contributed by atoms with Crippen molar-refractivity contribution < 1.29 is 18.7 Å². The Morgan fingerprint density at radius 2 is 1.92 bits per heavy atom. The number of hydrogen-bond acceptors (Lipinski definition) is 3. The molecule has 0 unspecified atom stereocenters. The maximum atomic E-state index is 12.9. The van der Waals surface area contributed by atoms with Gasteiger partial charge < -0.3 is 14.6 Å². The number of hydrogen-bond donors (Lipinski definition) is 1. The Hall–Kier alpha value is -2.37. The summed E-state index contributed by atoms with van der Waals surface area (Å²) < 4.78 is 19.2. The van der Waals surface area contributed by atoms with Crippen molar-refractivity contribution in [2.75, 3.05) is 13.8 Å². The third-order valence-corrected chi connectivity index (χ3v) is 4.39. The highest BCUT2D eigenvalue weighted by Gasteiger charge is 2.34. The van der Waals surface area contributed by atoms with Crippen LogP contribution in [0.3, 0.4) is 0 Å². The lowest BCUT2D eigenvalue weighted by Gasteiger charge is -2.28. The SMILES string of the molecule is COC(=O)[C@@H](NC(=O)c1cn(CCCCF)c2ccccc12)C(C)(C)C. The number of aromatic nitrogens is 1. The maximum Gasteiger partial charge on any atom is 0.328 e. The lowest BCUT2D eigenvalue weighted by atomic mass is 9.86. The molecule has 6 heteroatoms. The van der Waals surface area contributed by atoms with E-state index in [2.05, 4.69) is 5.32 Å². The van der Waals surface area contributed by atoms with Crippen molar-refractivity contribution in [1.82, 2.24) is 9.88 Å². The summed E-state index contributed by atoms with van der Waals surface area (Å²) in [5.74, 6) is -0.798. The minimum absolute atomic E-state index is 0.323. The molecule has 142 valence electrons. The number of carbonyl (C=O) groups excluding carboxylic acids is 2. The molecule has 0 saturated heterocycles. The lowest BCUT2D eigenvalue weighted by Crippen LogP contribution is -2.49. The summed E-state index contributed by atoms with van der Waals surface area (Å²) in [5.41, 5.74) is 0.934. The minimum Gasteiger partial charge on any atom is -0.467 e. The maximum absolute atomic E-state index is 12.9. The van der Waals surface area contributed by atoms with Gasteiger partial charge in [-0.1, -0.05) is 39.0 Å². The average molecular weight is 362 g/mol. The number of ether oxygens (including phenoxy) is 1. The molecule has 1 heterocycles. The molecule has 0 spiro atoms. The summed E-state index contributed by atoms with van der Waals surface area (Å²) in [6, 6.07) is 6.83. The fourth-order valence-electron chi connectivity index (χ4n) is 2.95. The van der Waals surface area contributed by atoms with Gasteiger partial charge in [0.05, 0.1) is 19.3 Å². The number of para-hydroxylation sites is 1. The quantitative estimate of drug-likeness (QED) is 0.603. The van der Waals surface area contributed by atoms with E-state index in [0.717, 1.165) is 10.9 Å². The number of fused-ring (bicyclic) bond motifs is 1. The Morgan fingerprint density at radius 3 is 2.54 bits per heavy atom. The molecule has 0 fully saturated rings. The Morgan fingerprint density at radius 1 is 1.23 bits per heavy atom. The van der Waals surface area contributed by atoms with Gasteiger partial charge in [-0.15, -0.1) is 0 Å². The summed E-state index contributed by atoms with van der Waals surface area (Å²) in [4.78, 5) is 25.0. The van der Waals surface area contributed by atoms with E-state index in [0.29, 0.717) is 24.9 Å². The van der Waals surface area contributed by atoms with Crippen LogP contribution in [0.4, 0.5) is 4.39 Å². The summed E-state index contributed by atoms with van der Waals surface area (Å²) >= 11 is 0. The number of nitrogens with one attached hydrogen (secondary N) is 1. The molecule has 0 bridgehead atoms. The molecule has 5 nitrogen and oxygen atoms in total. The molecule has 0 aliphatic carbocycles. The minimum atomic E-state index is -0.756. The first kappa shape index (κ1) is 19.9. The highest BCUT2D eigenvalue weighted by molar-refractivity contribution is 6.08. The standard InChI is InChI=1S/C20H27FN2O3/c1-20(2,3)17(19(25)26-4)22-18(24)15-13-23(12-8-7-11-21)16-10-6-5-9-14(15)16/h5-6,9-10,13,17H,7-8,11-12H2,1-4H3,(H,22,24)/t17-/m1/s1. The van der Waals surface area contributed by atoms with Gasteiger partial charge in [-0.3, -0.25) is 9.18 Å². The van der Waals surface area contributed by atoms with Gasteiger partial charge in [0.1, 0.15) is 6.04 Å². The average Bonchev–Trinajstić information content (AvgIpc) is 2.97. The topological polar surface area (TPSA) is 60.3 Å². The molecule has 1 N–H and O–H groups in total. The van der Waals surface area contributed by atoms with E-state index < -0.39 is 17.4 Å². The monoisotopic (exact) mass is 362 g/mol. The number of nitrogens with zero attached hydrogens (tertiary/aromatic N) is 1. The van der Waals surface area contributed by atoms with Gasteiger partial charge in [0.25, 0.3) is 5.91 Å². The summed E-state index contributed by atoms with van der Waals surface area (Å²) in [7, 11) is 1.31. The van der Waals surface area contributed by atoms with E-state index in [9.17, 15) is 14.0 Å². The van der Waals surface area contributed by atoms with E-state index in [1.807, 2.05) is 49.6 Å². The second-order valence-corrected chi connectivity index (χ2v) is 7.45. The molecular weight excluding hydrogens is 335 g/mol. The zero-order chi connectivity index (χ0) is 19.3. The van der Waals surface area contributed by atoms with Crippen LogP contribution in [0.2, 0.25) is 0 Å². The van der Waals surface area contributed by atoms with Gasteiger partial charge in [0.15, 0.2) is 0 Å². The van der Waals surface area contributed by atoms with Crippen molar-refractivity contribution in [3.63, 3.8) is 0 Å². The first-order chi connectivity index (χ1) is 12.3. The summed E-state index contributed by atoms with van der Waals surface area (Å²) in [6.07, 6.45) is 2.96. The fourth-order valence-corrected chi connectivity index (χ4v) is 2.95. The molecule has 1 amide bonds. The fraction of sp³-hybridized carbons (Fsp3) is 0.500. The van der Waals surface area contributed by atoms with Crippen LogP contribution < -0.4 is 5.32 Å². The Bertz CT molecular complexity index is 777. The number of methoxy groups -OCH3 is 1. The predicted octanol–water partition coefficient (Wildman–Crippen LogP) is 3.71. The molecule has 2 aromatic rings. The van der Waals surface area contributed by atoms with Gasteiger partial charge >= 0.3 is 5.97 Å². The van der Waals surface area contributed by atoms with Crippen LogP contribution in [0.15, 0.2) is 30.5 Å². The molecule has 0 aliphatic heterocycles. The number of alkyl halides is 1. The number of rotatable bonds is 7. The Labute approximate surface area is 153 Å². The normalized spacial score (nSPS) is 12.8. The van der Waals surface area contributed by atoms with E-state index >= 15 is 0 Å². The largest absolute Gasteiger partial charge is 0.467 e. The number of carbonyl (C=O) groups is 2. The molecular formula is C20H27FN2O3. The highest BCUT2D eigenvalue weighted by atomic mass is 19.1. The molecule has 2 rings (SSSR count). The van der Waals surface area contributed by atoms with E-state index in [1.54, 1.807) is 6.20 Å². The van der Waals surface area contributed by atoms with Gasteiger partial charge in [0.2, 0.25) is 0 Å². The highest BCUT2D eigenvalue weighted by Crippen LogP contribution is 2.24. The molecule has 0 aliphatic rings. The van der Waals surface area contributed by atoms with Crippen molar-refractivity contribution in [2.45, 2.75) is 46.2 Å². The number of esters is 1. The van der Waals surface area contributed by atoms with Crippen LogP contribution in [0, 0.1) is 5.41 Å². The van der Waals surface area contributed by atoms with Crippen LogP contribution >= 0.6 is 0 Å². The Kier molecular flexibility index (Phi) is 6.40. The number of aryl methyl sites for hydroxylation is 1. The van der Waals surface area contributed by atoms with Gasteiger partial charge in [-0.05, 0) is 24.3 Å². The summed E-state index contributed by atoms with van der Waals surface area (Å²) in [6.45, 7) is 5.90. The van der Waals surface area contributed by atoms with Crippen LogP contribution in [-0.4, -0.2) is 36.3 Å². The Balaban J connectivity index is 2.33. The zero-order valence-electron chi connectivity index (χ0n) is 15.8. The smallest absolute Gasteiger partial charge is 0.328 e. The molecule has 26 heavy (non-hydrogen) atoms. The second kappa shape index (κ2) is 8.34.